The average molecular weight is 300 g/mol. The SMILES string of the molecule is CCC1CN(S(=O)(=O)Cc2ccccc2N)CCS1. The van der Waals surface area contributed by atoms with E-state index in [1.807, 2.05) is 23.9 Å². The Morgan fingerprint density at radius 2 is 2.16 bits per heavy atom. The smallest absolute Gasteiger partial charge is 0.218 e. The third-order valence-corrected chi connectivity index (χ3v) is 6.51. The van der Waals surface area contributed by atoms with Gasteiger partial charge in [0.05, 0.1) is 5.75 Å². The minimum atomic E-state index is -3.26. The number of rotatable bonds is 4. The lowest BCUT2D eigenvalue weighted by Gasteiger charge is -2.31. The number of benzene rings is 1. The predicted molar refractivity (Wildman–Crippen MR) is 81.6 cm³/mol. The Bertz CT molecular complexity index is 531. The first kappa shape index (κ1) is 14.7. The van der Waals surface area contributed by atoms with Gasteiger partial charge in [0.15, 0.2) is 0 Å². The van der Waals surface area contributed by atoms with E-state index in [1.54, 1.807) is 16.4 Å². The van der Waals surface area contributed by atoms with Gasteiger partial charge in [-0.3, -0.25) is 0 Å². The summed E-state index contributed by atoms with van der Waals surface area (Å²) in [5.74, 6) is 0.878. The third-order valence-electron chi connectivity index (χ3n) is 3.34. The first-order valence-electron chi connectivity index (χ1n) is 6.45. The number of anilines is 1. The number of para-hydroxylation sites is 1. The molecule has 19 heavy (non-hydrogen) atoms. The molecule has 0 radical (unpaired) electrons. The molecule has 0 spiro atoms. The van der Waals surface area contributed by atoms with Gasteiger partial charge in [0.25, 0.3) is 0 Å². The number of nitrogens with two attached hydrogens (primary N) is 1. The minimum absolute atomic E-state index is 0.000768. The highest BCUT2D eigenvalue weighted by Gasteiger charge is 2.28. The Hall–Kier alpha value is -0.720. The third kappa shape index (κ3) is 3.64. The predicted octanol–water partition coefficient (Wildman–Crippen LogP) is 1.93. The Balaban J connectivity index is 2.12. The molecule has 0 aromatic heterocycles. The Morgan fingerprint density at radius 3 is 2.84 bits per heavy atom. The van der Waals surface area contributed by atoms with E-state index in [0.717, 1.165) is 12.2 Å². The summed E-state index contributed by atoms with van der Waals surface area (Å²) in [5, 5.41) is 0.414. The maximum absolute atomic E-state index is 12.4. The highest BCUT2D eigenvalue weighted by atomic mass is 32.2. The van der Waals surface area contributed by atoms with Gasteiger partial charge in [0.1, 0.15) is 0 Å². The van der Waals surface area contributed by atoms with Crippen LogP contribution in [0.25, 0.3) is 0 Å². The fourth-order valence-corrected chi connectivity index (χ4v) is 5.15. The maximum atomic E-state index is 12.4. The number of hydrogen-bond acceptors (Lipinski definition) is 4. The minimum Gasteiger partial charge on any atom is -0.398 e. The average Bonchev–Trinajstić information content (AvgIpc) is 2.41. The van der Waals surface area contributed by atoms with Crippen LogP contribution < -0.4 is 5.73 Å². The highest BCUT2D eigenvalue weighted by molar-refractivity contribution is 8.00. The quantitative estimate of drug-likeness (QED) is 0.863. The van der Waals surface area contributed by atoms with E-state index in [4.69, 9.17) is 5.73 Å². The van der Waals surface area contributed by atoms with Crippen LogP contribution in [0.1, 0.15) is 18.9 Å². The fourth-order valence-electron chi connectivity index (χ4n) is 2.15. The maximum Gasteiger partial charge on any atom is 0.218 e. The molecular formula is C13H20N2O2S2. The second kappa shape index (κ2) is 6.15. The van der Waals surface area contributed by atoms with Gasteiger partial charge in [-0.1, -0.05) is 25.1 Å². The van der Waals surface area contributed by atoms with E-state index < -0.39 is 10.0 Å². The van der Waals surface area contributed by atoms with Crippen molar-refractivity contribution in [1.82, 2.24) is 4.31 Å². The van der Waals surface area contributed by atoms with Crippen LogP contribution in [-0.4, -0.2) is 36.8 Å². The van der Waals surface area contributed by atoms with Crippen molar-refractivity contribution in [2.75, 3.05) is 24.6 Å². The fraction of sp³-hybridized carbons (Fsp3) is 0.538. The summed E-state index contributed by atoms with van der Waals surface area (Å²) < 4.78 is 26.5. The Morgan fingerprint density at radius 1 is 1.42 bits per heavy atom. The van der Waals surface area contributed by atoms with Crippen molar-refractivity contribution in [1.29, 1.82) is 0 Å². The van der Waals surface area contributed by atoms with E-state index in [-0.39, 0.29) is 5.75 Å². The number of hydrogen-bond donors (Lipinski definition) is 1. The summed E-state index contributed by atoms with van der Waals surface area (Å²) in [6, 6.07) is 7.16. The normalized spacial score (nSPS) is 21.4. The van der Waals surface area contributed by atoms with Crippen LogP contribution >= 0.6 is 11.8 Å². The second-order valence-corrected chi connectivity index (χ2v) is 8.09. The lowest BCUT2D eigenvalue weighted by atomic mass is 10.2. The van der Waals surface area contributed by atoms with Crippen LogP contribution in [0.5, 0.6) is 0 Å². The molecule has 1 aliphatic heterocycles. The van der Waals surface area contributed by atoms with Crippen LogP contribution in [-0.2, 0) is 15.8 Å². The van der Waals surface area contributed by atoms with E-state index in [1.165, 1.54) is 0 Å². The molecular weight excluding hydrogens is 280 g/mol. The Labute approximate surface area is 119 Å². The second-order valence-electron chi connectivity index (χ2n) is 4.71. The number of nitrogens with zero attached hydrogens (tertiary/aromatic N) is 1. The molecule has 1 saturated heterocycles. The van der Waals surface area contributed by atoms with Crippen molar-refractivity contribution in [2.45, 2.75) is 24.3 Å². The van der Waals surface area contributed by atoms with E-state index in [0.29, 0.717) is 29.6 Å². The summed E-state index contributed by atoms with van der Waals surface area (Å²) in [6.07, 6.45) is 1.00. The van der Waals surface area contributed by atoms with Gasteiger partial charge in [-0.25, -0.2) is 8.42 Å². The molecule has 2 N–H and O–H groups in total. The van der Waals surface area contributed by atoms with Crippen LogP contribution in [0.15, 0.2) is 24.3 Å². The zero-order chi connectivity index (χ0) is 13.9. The van der Waals surface area contributed by atoms with Crippen molar-refractivity contribution in [2.24, 2.45) is 0 Å². The van der Waals surface area contributed by atoms with Crippen molar-refractivity contribution < 1.29 is 8.42 Å². The molecule has 6 heteroatoms. The molecule has 106 valence electrons. The lowest BCUT2D eigenvalue weighted by Crippen LogP contribution is -2.42. The van der Waals surface area contributed by atoms with E-state index in [9.17, 15) is 8.42 Å². The van der Waals surface area contributed by atoms with Gasteiger partial charge in [0.2, 0.25) is 10.0 Å². The lowest BCUT2D eigenvalue weighted by molar-refractivity contribution is 0.415. The monoisotopic (exact) mass is 300 g/mol. The molecule has 1 fully saturated rings. The first-order valence-corrected chi connectivity index (χ1v) is 9.11. The number of nitrogen functional groups attached to an aromatic ring is 1. The molecule has 0 aliphatic carbocycles. The zero-order valence-corrected chi connectivity index (χ0v) is 12.7. The van der Waals surface area contributed by atoms with Crippen molar-refractivity contribution in [3.05, 3.63) is 29.8 Å². The first-order chi connectivity index (χ1) is 9.03. The molecule has 0 amide bonds. The number of thioether (sulfide) groups is 1. The van der Waals surface area contributed by atoms with E-state index >= 15 is 0 Å². The van der Waals surface area contributed by atoms with Gasteiger partial charge in [-0.15, -0.1) is 0 Å². The largest absolute Gasteiger partial charge is 0.398 e. The van der Waals surface area contributed by atoms with E-state index in [2.05, 4.69) is 6.92 Å². The summed E-state index contributed by atoms with van der Waals surface area (Å²) >= 11 is 1.86. The van der Waals surface area contributed by atoms with Crippen LogP contribution in [0, 0.1) is 0 Å². The summed E-state index contributed by atoms with van der Waals surface area (Å²) in [6.45, 7) is 3.33. The van der Waals surface area contributed by atoms with Crippen molar-refractivity contribution in [3.8, 4) is 0 Å². The van der Waals surface area contributed by atoms with Crippen molar-refractivity contribution >= 4 is 27.5 Å². The summed E-state index contributed by atoms with van der Waals surface area (Å²) in [4.78, 5) is 0. The van der Waals surface area contributed by atoms with Crippen molar-refractivity contribution in [3.63, 3.8) is 0 Å². The molecule has 0 saturated carbocycles. The molecule has 4 nitrogen and oxygen atoms in total. The van der Waals surface area contributed by atoms with Gasteiger partial charge in [-0.2, -0.15) is 16.1 Å². The van der Waals surface area contributed by atoms with Gasteiger partial charge < -0.3 is 5.73 Å². The van der Waals surface area contributed by atoms with Gasteiger partial charge >= 0.3 is 0 Å². The van der Waals surface area contributed by atoms with Gasteiger partial charge in [-0.05, 0) is 18.1 Å². The standard InChI is InChI=1S/C13H20N2O2S2/c1-2-12-9-15(7-8-18-12)19(16,17)10-11-5-3-4-6-13(11)14/h3-6,12H,2,7-10,14H2,1H3. The summed E-state index contributed by atoms with van der Waals surface area (Å²) in [5.41, 5.74) is 7.06. The molecule has 0 bridgehead atoms. The number of sulfonamides is 1. The van der Waals surface area contributed by atoms with Crippen LogP contribution in [0.4, 0.5) is 5.69 Å². The molecule has 1 aromatic rings. The highest BCUT2D eigenvalue weighted by Crippen LogP contribution is 2.25. The molecule has 1 aliphatic rings. The molecule has 1 aromatic carbocycles. The van der Waals surface area contributed by atoms with Crippen LogP contribution in [0.2, 0.25) is 0 Å². The van der Waals surface area contributed by atoms with Gasteiger partial charge in [0, 0.05) is 29.8 Å². The zero-order valence-electron chi connectivity index (χ0n) is 11.1. The molecule has 1 atom stereocenters. The molecule has 2 rings (SSSR count). The molecule has 1 heterocycles. The Kier molecular flexibility index (Phi) is 4.76. The summed E-state index contributed by atoms with van der Waals surface area (Å²) in [7, 11) is -3.26. The topological polar surface area (TPSA) is 63.4 Å². The van der Waals surface area contributed by atoms with Crippen LogP contribution in [0.3, 0.4) is 0 Å². The molecule has 1 unspecified atom stereocenters.